The van der Waals surface area contributed by atoms with Crippen molar-refractivity contribution in [2.75, 3.05) is 31.5 Å². The number of sulfonamides is 1. The van der Waals surface area contributed by atoms with Crippen LogP contribution >= 0.6 is 23.2 Å². The number of piperazine rings is 1. The van der Waals surface area contributed by atoms with Gasteiger partial charge in [0.25, 0.3) is 0 Å². The largest absolute Gasteiger partial charge is 0.323 e. The maximum absolute atomic E-state index is 12.8. The number of benzene rings is 2. The van der Waals surface area contributed by atoms with Crippen molar-refractivity contribution in [2.24, 2.45) is 0 Å². The Balaban J connectivity index is 1.60. The Hall–Kier alpha value is -1.64. The predicted octanol–water partition coefficient (Wildman–Crippen LogP) is 3.64. The molecule has 0 saturated carbocycles. The zero-order valence-electron chi connectivity index (χ0n) is 16.2. The fourth-order valence-electron chi connectivity index (χ4n) is 3.18. The lowest BCUT2D eigenvalue weighted by atomic mass is 10.2. The number of carbonyl (C=O) groups excluding carboxylic acids is 1. The first-order chi connectivity index (χ1) is 13.7. The first-order valence-electron chi connectivity index (χ1n) is 9.25. The van der Waals surface area contributed by atoms with Crippen LogP contribution in [0.15, 0.2) is 47.4 Å². The van der Waals surface area contributed by atoms with Gasteiger partial charge in [-0.05, 0) is 44.2 Å². The molecule has 1 atom stereocenters. The lowest BCUT2D eigenvalue weighted by Gasteiger charge is -2.36. The molecule has 156 valence electrons. The maximum Gasteiger partial charge on any atom is 0.243 e. The zero-order chi connectivity index (χ0) is 21.2. The molecule has 1 aliphatic heterocycles. The second-order valence-corrected chi connectivity index (χ2v) is 9.82. The highest BCUT2D eigenvalue weighted by Crippen LogP contribution is 2.26. The number of carbonyl (C=O) groups is 1. The summed E-state index contributed by atoms with van der Waals surface area (Å²) in [5.74, 6) is -0.205. The lowest BCUT2D eigenvalue weighted by molar-refractivity contribution is -0.121. The molecule has 9 heteroatoms. The molecular formula is C20H23Cl2N3O3S. The first kappa shape index (κ1) is 22.1. The Kier molecular flexibility index (Phi) is 6.86. The molecule has 1 saturated heterocycles. The molecular weight excluding hydrogens is 433 g/mol. The van der Waals surface area contributed by atoms with E-state index in [0.717, 1.165) is 5.56 Å². The number of nitrogens with zero attached hydrogens (tertiary/aromatic N) is 2. The summed E-state index contributed by atoms with van der Waals surface area (Å²) in [6, 6.07) is 11.3. The third kappa shape index (κ3) is 5.10. The van der Waals surface area contributed by atoms with Gasteiger partial charge in [0, 0.05) is 31.2 Å². The molecule has 0 radical (unpaired) electrons. The van der Waals surface area contributed by atoms with Crippen molar-refractivity contribution in [3.05, 3.63) is 58.1 Å². The van der Waals surface area contributed by atoms with Gasteiger partial charge in [0.15, 0.2) is 0 Å². The Labute approximate surface area is 181 Å². The highest BCUT2D eigenvalue weighted by atomic mass is 35.5. The standard InChI is InChI=1S/C20H23Cl2N3O3S/c1-14-3-6-17(7-4-14)29(27,28)25-11-9-24(10-12-25)15(2)20(26)23-19-8-5-16(21)13-18(19)22/h3-8,13,15H,9-12H2,1-2H3,(H,23,26)/t15-/m1/s1. The maximum atomic E-state index is 12.8. The summed E-state index contributed by atoms with van der Waals surface area (Å²) in [6.07, 6.45) is 0. The van der Waals surface area contributed by atoms with Gasteiger partial charge < -0.3 is 5.32 Å². The number of hydrogen-bond donors (Lipinski definition) is 1. The molecule has 0 spiro atoms. The summed E-state index contributed by atoms with van der Waals surface area (Å²) in [4.78, 5) is 14.9. The van der Waals surface area contributed by atoms with Gasteiger partial charge in [0.2, 0.25) is 15.9 Å². The Bertz CT molecular complexity index is 989. The second-order valence-electron chi connectivity index (χ2n) is 7.04. The summed E-state index contributed by atoms with van der Waals surface area (Å²) < 4.78 is 27.1. The van der Waals surface area contributed by atoms with Gasteiger partial charge in [-0.25, -0.2) is 8.42 Å². The molecule has 1 fully saturated rings. The molecule has 0 bridgehead atoms. The van der Waals surface area contributed by atoms with E-state index in [1.807, 2.05) is 11.8 Å². The van der Waals surface area contributed by atoms with Crippen molar-refractivity contribution in [3.63, 3.8) is 0 Å². The van der Waals surface area contributed by atoms with Crippen LogP contribution in [0.3, 0.4) is 0 Å². The fraction of sp³-hybridized carbons (Fsp3) is 0.350. The van der Waals surface area contributed by atoms with Crippen LogP contribution in [0.5, 0.6) is 0 Å². The summed E-state index contributed by atoms with van der Waals surface area (Å²) in [7, 11) is -3.53. The average molecular weight is 456 g/mol. The number of halogens is 2. The molecule has 2 aromatic rings. The molecule has 29 heavy (non-hydrogen) atoms. The van der Waals surface area contributed by atoms with Crippen LogP contribution in [0.4, 0.5) is 5.69 Å². The third-order valence-electron chi connectivity index (χ3n) is 5.05. The van der Waals surface area contributed by atoms with Gasteiger partial charge in [-0.3, -0.25) is 9.69 Å². The van der Waals surface area contributed by atoms with E-state index < -0.39 is 16.1 Å². The molecule has 0 aromatic heterocycles. The normalized spacial score (nSPS) is 17.1. The lowest BCUT2D eigenvalue weighted by Crippen LogP contribution is -2.53. The van der Waals surface area contributed by atoms with Gasteiger partial charge in [0.1, 0.15) is 0 Å². The van der Waals surface area contributed by atoms with Crippen molar-refractivity contribution in [1.29, 1.82) is 0 Å². The summed E-state index contributed by atoms with van der Waals surface area (Å²) in [5, 5.41) is 3.66. The van der Waals surface area contributed by atoms with Crippen molar-refractivity contribution in [2.45, 2.75) is 24.8 Å². The minimum absolute atomic E-state index is 0.205. The van der Waals surface area contributed by atoms with Crippen LogP contribution in [-0.4, -0.2) is 55.8 Å². The quantitative estimate of drug-likeness (QED) is 0.746. The van der Waals surface area contributed by atoms with Crippen molar-refractivity contribution >= 4 is 44.8 Å². The molecule has 1 aliphatic rings. The number of aryl methyl sites for hydroxylation is 1. The fourth-order valence-corrected chi connectivity index (χ4v) is 5.06. The highest BCUT2D eigenvalue weighted by molar-refractivity contribution is 7.89. The molecule has 3 rings (SSSR count). The Morgan fingerprint density at radius 1 is 1.03 bits per heavy atom. The molecule has 0 aliphatic carbocycles. The van der Waals surface area contributed by atoms with Crippen LogP contribution < -0.4 is 5.32 Å². The molecule has 1 N–H and O–H groups in total. The minimum atomic E-state index is -3.53. The van der Waals surface area contributed by atoms with Crippen molar-refractivity contribution in [3.8, 4) is 0 Å². The van der Waals surface area contributed by atoms with Crippen molar-refractivity contribution in [1.82, 2.24) is 9.21 Å². The Morgan fingerprint density at radius 3 is 2.24 bits per heavy atom. The van der Waals surface area contributed by atoms with E-state index in [-0.39, 0.29) is 5.91 Å². The van der Waals surface area contributed by atoms with E-state index >= 15 is 0 Å². The van der Waals surface area contributed by atoms with Crippen LogP contribution in [0.2, 0.25) is 10.0 Å². The van der Waals surface area contributed by atoms with E-state index in [9.17, 15) is 13.2 Å². The summed E-state index contributed by atoms with van der Waals surface area (Å²) >= 11 is 12.0. The van der Waals surface area contributed by atoms with Gasteiger partial charge in [-0.2, -0.15) is 4.31 Å². The van der Waals surface area contributed by atoms with Gasteiger partial charge >= 0.3 is 0 Å². The SMILES string of the molecule is Cc1ccc(S(=O)(=O)N2CCN([C@H](C)C(=O)Nc3ccc(Cl)cc3Cl)CC2)cc1. The zero-order valence-corrected chi connectivity index (χ0v) is 18.6. The number of nitrogens with one attached hydrogen (secondary N) is 1. The molecule has 1 heterocycles. The molecule has 1 amide bonds. The number of rotatable bonds is 5. The number of hydrogen-bond acceptors (Lipinski definition) is 4. The van der Waals surface area contributed by atoms with E-state index in [2.05, 4.69) is 5.32 Å². The second kappa shape index (κ2) is 9.02. The summed E-state index contributed by atoms with van der Waals surface area (Å²) in [5.41, 5.74) is 1.50. The average Bonchev–Trinajstić information content (AvgIpc) is 2.70. The molecule has 0 unspecified atom stereocenters. The van der Waals surface area contributed by atoms with Gasteiger partial charge in [-0.1, -0.05) is 40.9 Å². The predicted molar refractivity (Wildman–Crippen MR) is 116 cm³/mol. The minimum Gasteiger partial charge on any atom is -0.323 e. The van der Waals surface area contributed by atoms with E-state index in [0.29, 0.717) is 46.8 Å². The first-order valence-corrected chi connectivity index (χ1v) is 11.4. The number of amides is 1. The monoisotopic (exact) mass is 455 g/mol. The van der Waals surface area contributed by atoms with Crippen LogP contribution in [0.1, 0.15) is 12.5 Å². The van der Waals surface area contributed by atoms with E-state index in [4.69, 9.17) is 23.2 Å². The van der Waals surface area contributed by atoms with E-state index in [1.54, 1.807) is 49.4 Å². The van der Waals surface area contributed by atoms with Crippen LogP contribution in [-0.2, 0) is 14.8 Å². The highest BCUT2D eigenvalue weighted by Gasteiger charge is 2.31. The topological polar surface area (TPSA) is 69.7 Å². The van der Waals surface area contributed by atoms with Crippen LogP contribution in [0, 0.1) is 6.92 Å². The van der Waals surface area contributed by atoms with Gasteiger partial charge in [0.05, 0.1) is 21.6 Å². The molecule has 6 nitrogen and oxygen atoms in total. The van der Waals surface area contributed by atoms with Gasteiger partial charge in [-0.15, -0.1) is 0 Å². The van der Waals surface area contributed by atoms with E-state index in [1.165, 1.54) is 4.31 Å². The number of anilines is 1. The third-order valence-corrected chi connectivity index (χ3v) is 7.51. The molecule has 2 aromatic carbocycles. The Morgan fingerprint density at radius 2 is 1.66 bits per heavy atom. The smallest absolute Gasteiger partial charge is 0.243 e. The summed E-state index contributed by atoms with van der Waals surface area (Å²) in [6.45, 7) is 5.30. The van der Waals surface area contributed by atoms with Crippen LogP contribution in [0.25, 0.3) is 0 Å². The van der Waals surface area contributed by atoms with Crippen molar-refractivity contribution < 1.29 is 13.2 Å².